The van der Waals surface area contributed by atoms with Crippen LogP contribution in [0.1, 0.15) is 63.8 Å². The summed E-state index contributed by atoms with van der Waals surface area (Å²) in [5.74, 6) is 0.277. The van der Waals surface area contributed by atoms with Crippen LogP contribution in [0, 0.1) is 0 Å². The van der Waals surface area contributed by atoms with Gasteiger partial charge in [-0.05, 0) is 131 Å². The summed E-state index contributed by atoms with van der Waals surface area (Å²) < 4.78 is 22.3. The molecule has 14 nitrogen and oxygen atoms in total. The van der Waals surface area contributed by atoms with Crippen molar-refractivity contribution in [3.8, 4) is 34.5 Å². The number of hydrogen-bond donors (Lipinski definition) is 4. The summed E-state index contributed by atoms with van der Waals surface area (Å²) in [6, 6.07) is 42.2. The third kappa shape index (κ3) is 14.1. The van der Waals surface area contributed by atoms with Gasteiger partial charge in [0.05, 0.1) is 0 Å². The minimum absolute atomic E-state index is 0.0308. The number of carbonyl (C=O) groups is 6. The number of hydrogen-bond acceptors (Lipinski definition) is 10. The maximum Gasteiger partial charge on any atom is 0.308 e. The second-order valence-electron chi connectivity index (χ2n) is 15.6. The van der Waals surface area contributed by atoms with Gasteiger partial charge >= 0.3 is 11.9 Å². The van der Waals surface area contributed by atoms with Crippen LogP contribution in [0.3, 0.4) is 0 Å². The van der Waals surface area contributed by atoms with Crippen LogP contribution in [0.2, 0.25) is 0 Å². The molecule has 6 rings (SSSR count). The summed E-state index contributed by atoms with van der Waals surface area (Å²) in [6.45, 7) is 9.47. The molecule has 0 atom stereocenters. The van der Waals surface area contributed by atoms with Crippen molar-refractivity contribution < 1.29 is 47.7 Å². The van der Waals surface area contributed by atoms with E-state index in [9.17, 15) is 28.8 Å². The normalized spacial score (nSPS) is 11.4. The Bertz CT molecular complexity index is 2620. The number of rotatable bonds is 16. The summed E-state index contributed by atoms with van der Waals surface area (Å²) >= 11 is 0. The molecule has 67 heavy (non-hydrogen) atoms. The maximum atomic E-state index is 13.2. The Morgan fingerprint density at radius 3 is 0.970 bits per heavy atom. The van der Waals surface area contributed by atoms with Crippen molar-refractivity contribution in [1.82, 2.24) is 10.6 Å². The zero-order valence-corrected chi connectivity index (χ0v) is 37.6. The highest BCUT2D eigenvalue weighted by Crippen LogP contribution is 2.35. The largest absolute Gasteiger partial charge is 0.457 e. The molecule has 340 valence electrons. The fraction of sp³-hybridized carbons (Fsp3) is 0.132. The van der Waals surface area contributed by atoms with E-state index in [0.29, 0.717) is 57.0 Å². The molecule has 0 radical (unpaired) electrons. The van der Waals surface area contributed by atoms with Crippen molar-refractivity contribution in [2.45, 2.75) is 47.0 Å². The molecule has 6 aromatic carbocycles. The van der Waals surface area contributed by atoms with Gasteiger partial charge in [0, 0.05) is 44.5 Å². The Morgan fingerprint density at radius 1 is 0.403 bits per heavy atom. The molecule has 0 spiro atoms. The molecule has 4 N–H and O–H groups in total. The number of nitrogens with one attached hydrogen (secondary N) is 4. The zero-order valence-electron chi connectivity index (χ0n) is 37.6. The van der Waals surface area contributed by atoms with Crippen LogP contribution in [0.4, 0.5) is 11.4 Å². The van der Waals surface area contributed by atoms with Crippen molar-refractivity contribution in [1.29, 1.82) is 0 Å². The Labute approximate surface area is 387 Å². The first-order valence-electron chi connectivity index (χ1n) is 20.9. The molecule has 4 amide bonds. The smallest absolute Gasteiger partial charge is 0.308 e. The van der Waals surface area contributed by atoms with Gasteiger partial charge in [0.25, 0.3) is 11.8 Å². The lowest BCUT2D eigenvalue weighted by Gasteiger charge is -2.26. The summed E-state index contributed by atoms with van der Waals surface area (Å²) in [5, 5.41) is 10.7. The van der Waals surface area contributed by atoms with Gasteiger partial charge in [-0.15, -0.1) is 0 Å². The van der Waals surface area contributed by atoms with Crippen molar-refractivity contribution in [3.05, 3.63) is 179 Å². The van der Waals surface area contributed by atoms with E-state index < -0.39 is 35.6 Å². The third-order valence-corrected chi connectivity index (χ3v) is 9.86. The number of benzene rings is 6. The van der Waals surface area contributed by atoms with Crippen LogP contribution in [0.15, 0.2) is 157 Å². The van der Waals surface area contributed by atoms with Gasteiger partial charge in [-0.1, -0.05) is 62.4 Å². The van der Waals surface area contributed by atoms with Gasteiger partial charge in [0.2, 0.25) is 11.8 Å². The first-order chi connectivity index (χ1) is 32.0. The molecule has 0 aromatic heterocycles. The van der Waals surface area contributed by atoms with Crippen molar-refractivity contribution in [2.75, 3.05) is 10.6 Å². The van der Waals surface area contributed by atoms with Crippen LogP contribution in [0.25, 0.3) is 12.2 Å². The van der Waals surface area contributed by atoms with Gasteiger partial charge in [0.1, 0.15) is 45.9 Å². The Kier molecular flexibility index (Phi) is 15.5. The van der Waals surface area contributed by atoms with E-state index in [4.69, 9.17) is 18.9 Å². The lowest BCUT2D eigenvalue weighted by molar-refractivity contribution is -0.132. The van der Waals surface area contributed by atoms with Crippen molar-refractivity contribution >= 4 is 59.1 Å². The second kappa shape index (κ2) is 21.7. The summed E-state index contributed by atoms with van der Waals surface area (Å²) in [4.78, 5) is 72.5. The summed E-state index contributed by atoms with van der Waals surface area (Å²) in [5.41, 5.74) is 4.00. The van der Waals surface area contributed by atoms with Gasteiger partial charge in [-0.3, -0.25) is 28.8 Å². The molecule has 0 saturated heterocycles. The molecule has 0 unspecified atom stereocenters. The van der Waals surface area contributed by atoms with Crippen LogP contribution < -0.4 is 40.2 Å². The highest BCUT2D eigenvalue weighted by atomic mass is 16.5. The number of ether oxygens (including phenoxy) is 4. The number of esters is 2. The molecular weight excluding hydrogens is 853 g/mol. The van der Waals surface area contributed by atoms with Gasteiger partial charge in [-0.25, -0.2) is 0 Å². The monoisotopic (exact) mass is 900 g/mol. The molecule has 0 aliphatic carbocycles. The number of anilines is 2. The third-order valence-electron chi connectivity index (χ3n) is 9.86. The van der Waals surface area contributed by atoms with Crippen molar-refractivity contribution in [3.63, 3.8) is 0 Å². The Balaban J connectivity index is 1.02. The fourth-order valence-corrected chi connectivity index (χ4v) is 6.55. The molecule has 0 aliphatic heterocycles. The van der Waals surface area contributed by atoms with E-state index in [0.717, 1.165) is 11.1 Å². The fourth-order valence-electron chi connectivity index (χ4n) is 6.55. The van der Waals surface area contributed by atoms with Crippen LogP contribution >= 0.6 is 0 Å². The van der Waals surface area contributed by atoms with Crippen LogP contribution in [-0.2, 0) is 34.2 Å². The van der Waals surface area contributed by atoms with Crippen molar-refractivity contribution in [2.24, 2.45) is 0 Å². The molecule has 14 heteroatoms. The van der Waals surface area contributed by atoms with E-state index in [-0.39, 0.29) is 16.8 Å². The summed E-state index contributed by atoms with van der Waals surface area (Å²) in [7, 11) is 0. The molecule has 0 bridgehead atoms. The highest BCUT2D eigenvalue weighted by Gasteiger charge is 2.23. The first-order valence-corrected chi connectivity index (χ1v) is 20.9. The highest BCUT2D eigenvalue weighted by molar-refractivity contribution is 6.09. The number of amides is 4. The second-order valence-corrected chi connectivity index (χ2v) is 15.6. The van der Waals surface area contributed by atoms with E-state index in [1.807, 2.05) is 48.5 Å². The van der Waals surface area contributed by atoms with Gasteiger partial charge in [-0.2, -0.15) is 0 Å². The van der Waals surface area contributed by atoms with Gasteiger partial charge < -0.3 is 40.2 Å². The topological polar surface area (TPSA) is 187 Å². The Morgan fingerprint density at radius 2 is 0.687 bits per heavy atom. The SMILES string of the molecule is CC(=O)N/C(=C\c1ccc(OC(C)=O)cc1)C(=O)Nc1ccc(Oc2ccc(C(C)(C)c3ccc(Oc4ccc(NC(=O)/C(=C\c5ccc(OC(C)=O)cc5)NC(C)=O)cc4)cc3)cc2)cc1. The minimum atomic E-state index is -0.530. The predicted molar refractivity (Wildman–Crippen MR) is 254 cm³/mol. The van der Waals surface area contributed by atoms with Gasteiger partial charge in [0.15, 0.2) is 0 Å². The molecule has 0 saturated carbocycles. The van der Waals surface area contributed by atoms with Crippen LogP contribution in [-0.4, -0.2) is 35.6 Å². The van der Waals surface area contributed by atoms with E-state index in [1.165, 1.54) is 39.8 Å². The predicted octanol–water partition coefficient (Wildman–Crippen LogP) is 9.68. The molecule has 6 aromatic rings. The molecule has 0 heterocycles. The lowest BCUT2D eigenvalue weighted by atomic mass is 9.78. The molecule has 0 fully saturated rings. The average molecular weight is 901 g/mol. The lowest BCUT2D eigenvalue weighted by Crippen LogP contribution is -2.28. The van der Waals surface area contributed by atoms with E-state index >= 15 is 0 Å². The molecular formula is C53H48N4O10. The first kappa shape index (κ1) is 47.7. The molecule has 0 aliphatic rings. The summed E-state index contributed by atoms with van der Waals surface area (Å²) in [6.07, 6.45) is 3.03. The standard InChI is InChI=1S/C53H48N4O10/c1-33(58)54-49(31-37-7-19-43(20-8-37)64-35(3)60)51(62)56-41-15-27-47(28-16-41)66-45-23-11-39(12-24-45)53(5,6)40-13-25-46(26-14-40)67-48-29-17-42(18-30-48)57-52(63)50(55-34(2)59)32-38-9-21-44(22-10-38)65-36(4)61/h7-32H,1-6H3,(H,54,58)(H,55,59)(H,56,62)(H,57,63)/b49-31-,50-32+. The maximum absolute atomic E-state index is 13.2. The van der Waals surface area contributed by atoms with E-state index in [1.54, 1.807) is 97.1 Å². The zero-order chi connectivity index (χ0) is 48.1. The van der Waals surface area contributed by atoms with Crippen LogP contribution in [0.5, 0.6) is 34.5 Å². The van der Waals surface area contributed by atoms with E-state index in [2.05, 4.69) is 35.1 Å². The minimum Gasteiger partial charge on any atom is -0.457 e. The quantitative estimate of drug-likeness (QED) is 0.0414. The number of carbonyl (C=O) groups excluding carboxylic acids is 6. The average Bonchev–Trinajstić information content (AvgIpc) is 3.28. The Hall–Kier alpha value is -8.78.